The lowest BCUT2D eigenvalue weighted by Gasteiger charge is -2.10. The number of thiazole rings is 1. The maximum atomic E-state index is 13.8. The molecule has 0 fully saturated rings. The Morgan fingerprint density at radius 3 is 2.84 bits per heavy atom. The summed E-state index contributed by atoms with van der Waals surface area (Å²) < 4.78 is 13.8. The Kier molecular flexibility index (Phi) is 5.31. The molecule has 1 heterocycles. The van der Waals surface area contributed by atoms with Crippen molar-refractivity contribution in [2.45, 2.75) is 6.92 Å². The van der Waals surface area contributed by atoms with Gasteiger partial charge in [0.05, 0.1) is 28.0 Å². The summed E-state index contributed by atoms with van der Waals surface area (Å²) >= 11 is 7.29. The van der Waals surface area contributed by atoms with Gasteiger partial charge in [0.1, 0.15) is 0 Å². The molecule has 2 N–H and O–H groups in total. The summed E-state index contributed by atoms with van der Waals surface area (Å²) in [7, 11) is 0. The van der Waals surface area contributed by atoms with Gasteiger partial charge in [-0.25, -0.2) is 9.37 Å². The molecule has 0 unspecified atom stereocenters. The summed E-state index contributed by atoms with van der Waals surface area (Å²) in [5.74, 6) is -0.858. The number of hydrogen-bond donors (Lipinski definition) is 2. The number of hydrogen-bond acceptors (Lipinski definition) is 4. The predicted molar refractivity (Wildman–Crippen MR) is 101 cm³/mol. The molecule has 1 aromatic heterocycles. The van der Waals surface area contributed by atoms with Gasteiger partial charge in [0.2, 0.25) is 5.91 Å². The van der Waals surface area contributed by atoms with Crippen molar-refractivity contribution >= 4 is 40.2 Å². The van der Waals surface area contributed by atoms with E-state index < -0.39 is 5.82 Å². The molecule has 0 aliphatic carbocycles. The number of aromatic nitrogens is 1. The lowest BCUT2D eigenvalue weighted by molar-refractivity contribution is -0.114. The molecule has 2 aromatic carbocycles. The van der Waals surface area contributed by atoms with Crippen molar-refractivity contribution in [3.8, 4) is 11.3 Å². The molecule has 0 aliphatic rings. The fourth-order valence-electron chi connectivity index (χ4n) is 2.27. The lowest BCUT2D eigenvalue weighted by Crippen LogP contribution is -2.22. The van der Waals surface area contributed by atoms with Crippen LogP contribution in [0.2, 0.25) is 5.02 Å². The van der Waals surface area contributed by atoms with Gasteiger partial charge >= 0.3 is 0 Å². The van der Waals surface area contributed by atoms with Crippen LogP contribution >= 0.6 is 22.9 Å². The van der Waals surface area contributed by atoms with Gasteiger partial charge in [-0.15, -0.1) is 11.3 Å². The SMILES string of the molecule is Cc1nc(-c2cccc(NC(=O)CNc3cccc(Cl)c3F)c2)cs1. The summed E-state index contributed by atoms with van der Waals surface area (Å²) in [6.07, 6.45) is 0. The first-order chi connectivity index (χ1) is 12.0. The van der Waals surface area contributed by atoms with Crippen LogP contribution in [0.4, 0.5) is 15.8 Å². The van der Waals surface area contributed by atoms with Gasteiger partial charge in [0.25, 0.3) is 0 Å². The van der Waals surface area contributed by atoms with Crippen molar-refractivity contribution in [1.82, 2.24) is 4.98 Å². The van der Waals surface area contributed by atoms with E-state index in [0.29, 0.717) is 5.69 Å². The number of benzene rings is 2. The predicted octanol–water partition coefficient (Wildman–Crippen LogP) is 4.96. The van der Waals surface area contributed by atoms with E-state index in [9.17, 15) is 9.18 Å². The van der Waals surface area contributed by atoms with E-state index in [0.717, 1.165) is 16.3 Å². The summed E-state index contributed by atoms with van der Waals surface area (Å²) in [6.45, 7) is 1.87. The van der Waals surface area contributed by atoms with Crippen LogP contribution in [-0.4, -0.2) is 17.4 Å². The number of halogens is 2. The average Bonchev–Trinajstić information content (AvgIpc) is 3.03. The normalized spacial score (nSPS) is 10.5. The van der Waals surface area contributed by atoms with Crippen molar-refractivity contribution in [1.29, 1.82) is 0 Å². The highest BCUT2D eigenvalue weighted by molar-refractivity contribution is 7.09. The van der Waals surface area contributed by atoms with Crippen LogP contribution in [0, 0.1) is 12.7 Å². The van der Waals surface area contributed by atoms with Crippen LogP contribution in [-0.2, 0) is 4.79 Å². The van der Waals surface area contributed by atoms with E-state index in [1.54, 1.807) is 23.5 Å². The highest BCUT2D eigenvalue weighted by Gasteiger charge is 2.09. The van der Waals surface area contributed by atoms with Crippen LogP contribution in [0.15, 0.2) is 47.8 Å². The zero-order chi connectivity index (χ0) is 17.8. The van der Waals surface area contributed by atoms with Crippen molar-refractivity contribution in [3.05, 3.63) is 63.7 Å². The van der Waals surface area contributed by atoms with E-state index in [4.69, 9.17) is 11.6 Å². The Bertz CT molecular complexity index is 913. The smallest absolute Gasteiger partial charge is 0.243 e. The van der Waals surface area contributed by atoms with Crippen LogP contribution in [0.25, 0.3) is 11.3 Å². The quantitative estimate of drug-likeness (QED) is 0.662. The Labute approximate surface area is 153 Å². The zero-order valence-electron chi connectivity index (χ0n) is 13.3. The van der Waals surface area contributed by atoms with Crippen LogP contribution < -0.4 is 10.6 Å². The van der Waals surface area contributed by atoms with Gasteiger partial charge in [-0.1, -0.05) is 29.8 Å². The minimum Gasteiger partial charge on any atom is -0.374 e. The van der Waals surface area contributed by atoms with E-state index >= 15 is 0 Å². The van der Waals surface area contributed by atoms with E-state index in [2.05, 4.69) is 15.6 Å². The molecule has 0 aliphatic heterocycles. The number of anilines is 2. The third-order valence-corrected chi connectivity index (χ3v) is 4.52. The Hall–Kier alpha value is -2.44. The second-order valence-corrected chi connectivity index (χ2v) is 6.81. The Morgan fingerprint density at radius 2 is 2.08 bits per heavy atom. The minimum atomic E-state index is -0.571. The maximum absolute atomic E-state index is 13.8. The highest BCUT2D eigenvalue weighted by atomic mass is 35.5. The minimum absolute atomic E-state index is 0.0108. The Balaban J connectivity index is 1.64. The molecule has 1 amide bonds. The maximum Gasteiger partial charge on any atom is 0.243 e. The van der Waals surface area contributed by atoms with E-state index in [1.165, 1.54) is 12.1 Å². The molecule has 7 heteroatoms. The lowest BCUT2D eigenvalue weighted by atomic mass is 10.1. The first-order valence-electron chi connectivity index (χ1n) is 7.53. The van der Waals surface area contributed by atoms with Gasteiger partial charge in [0.15, 0.2) is 5.82 Å². The van der Waals surface area contributed by atoms with E-state index in [1.807, 2.05) is 30.5 Å². The van der Waals surface area contributed by atoms with Crippen molar-refractivity contribution < 1.29 is 9.18 Å². The molecule has 0 saturated carbocycles. The molecular formula is C18H15ClFN3OS. The van der Waals surface area contributed by atoms with Gasteiger partial charge in [0, 0.05) is 16.6 Å². The standard InChI is InChI=1S/C18H15ClFN3OS/c1-11-22-16(10-25-11)12-4-2-5-13(8-12)23-17(24)9-21-15-7-3-6-14(19)18(15)20/h2-8,10,21H,9H2,1H3,(H,23,24). The fourth-order valence-corrected chi connectivity index (χ4v) is 3.07. The third-order valence-electron chi connectivity index (χ3n) is 3.45. The molecule has 4 nitrogen and oxygen atoms in total. The number of carbonyl (C=O) groups is 1. The number of nitrogens with zero attached hydrogens (tertiary/aromatic N) is 1. The molecule has 0 radical (unpaired) electrons. The number of nitrogens with one attached hydrogen (secondary N) is 2. The molecule has 0 spiro atoms. The molecule has 3 aromatic rings. The van der Waals surface area contributed by atoms with Crippen LogP contribution in [0.3, 0.4) is 0 Å². The molecule has 0 saturated heterocycles. The third kappa shape index (κ3) is 4.35. The Morgan fingerprint density at radius 1 is 1.28 bits per heavy atom. The van der Waals surface area contributed by atoms with Gasteiger partial charge in [-0.2, -0.15) is 0 Å². The first kappa shape index (κ1) is 17.4. The highest BCUT2D eigenvalue weighted by Crippen LogP contribution is 2.24. The number of aryl methyl sites for hydroxylation is 1. The summed E-state index contributed by atoms with van der Waals surface area (Å²) in [6, 6.07) is 12.0. The molecule has 0 bridgehead atoms. The summed E-state index contributed by atoms with van der Waals surface area (Å²) in [4.78, 5) is 16.5. The summed E-state index contributed by atoms with van der Waals surface area (Å²) in [5.41, 5.74) is 2.64. The number of rotatable bonds is 5. The number of amides is 1. The zero-order valence-corrected chi connectivity index (χ0v) is 14.9. The van der Waals surface area contributed by atoms with Crippen molar-refractivity contribution in [2.24, 2.45) is 0 Å². The second kappa shape index (κ2) is 7.63. The molecule has 3 rings (SSSR count). The molecule has 128 valence electrons. The molecule has 0 atom stereocenters. The second-order valence-electron chi connectivity index (χ2n) is 5.34. The topological polar surface area (TPSA) is 54.0 Å². The average molecular weight is 376 g/mol. The largest absolute Gasteiger partial charge is 0.374 e. The monoisotopic (exact) mass is 375 g/mol. The molecule has 25 heavy (non-hydrogen) atoms. The van der Waals surface area contributed by atoms with Gasteiger partial charge < -0.3 is 10.6 Å². The van der Waals surface area contributed by atoms with E-state index in [-0.39, 0.29) is 23.2 Å². The van der Waals surface area contributed by atoms with Gasteiger partial charge in [-0.05, 0) is 31.2 Å². The summed E-state index contributed by atoms with van der Waals surface area (Å²) in [5, 5.41) is 8.49. The van der Waals surface area contributed by atoms with Crippen molar-refractivity contribution in [3.63, 3.8) is 0 Å². The molecular weight excluding hydrogens is 361 g/mol. The van der Waals surface area contributed by atoms with Gasteiger partial charge in [-0.3, -0.25) is 4.79 Å². The fraction of sp³-hybridized carbons (Fsp3) is 0.111. The first-order valence-corrected chi connectivity index (χ1v) is 8.79. The van der Waals surface area contributed by atoms with Crippen LogP contribution in [0.1, 0.15) is 5.01 Å². The number of carbonyl (C=O) groups excluding carboxylic acids is 1. The van der Waals surface area contributed by atoms with Crippen molar-refractivity contribution in [2.75, 3.05) is 17.2 Å². The van der Waals surface area contributed by atoms with Crippen LogP contribution in [0.5, 0.6) is 0 Å².